The van der Waals surface area contributed by atoms with Gasteiger partial charge in [0, 0.05) is 55.3 Å². The lowest BCUT2D eigenvalue weighted by molar-refractivity contribution is 0.0912. The first-order chi connectivity index (χ1) is 16.4. The van der Waals surface area contributed by atoms with Gasteiger partial charge in [-0.1, -0.05) is 6.07 Å². The Morgan fingerprint density at radius 1 is 1.15 bits per heavy atom. The van der Waals surface area contributed by atoms with Gasteiger partial charge in [-0.25, -0.2) is 9.37 Å². The van der Waals surface area contributed by atoms with Gasteiger partial charge in [-0.2, -0.15) is 0 Å². The zero-order valence-corrected chi connectivity index (χ0v) is 19.7. The first-order valence-electron chi connectivity index (χ1n) is 11.9. The maximum absolute atomic E-state index is 15.2. The van der Waals surface area contributed by atoms with Crippen molar-refractivity contribution in [3.8, 4) is 0 Å². The Morgan fingerprint density at radius 3 is 2.56 bits per heavy atom. The summed E-state index contributed by atoms with van der Waals surface area (Å²) in [5, 5.41) is 3.76. The number of aryl methyl sites for hydroxylation is 2. The lowest BCUT2D eigenvalue weighted by Crippen LogP contribution is -2.46. The second-order valence-corrected chi connectivity index (χ2v) is 9.50. The van der Waals surface area contributed by atoms with E-state index in [-0.39, 0.29) is 22.8 Å². The summed E-state index contributed by atoms with van der Waals surface area (Å²) in [7, 11) is 0. The first-order valence-corrected chi connectivity index (χ1v) is 11.9. The van der Waals surface area contributed by atoms with Crippen molar-refractivity contribution >= 4 is 22.5 Å². The van der Waals surface area contributed by atoms with E-state index in [9.17, 15) is 9.59 Å². The van der Waals surface area contributed by atoms with E-state index in [2.05, 4.69) is 25.1 Å². The molecule has 5 rings (SSSR count). The Balaban J connectivity index is 1.22. The number of nitrogens with one attached hydrogen (secondary N) is 2. The SMILES string of the molecule is Cc1cc2c(C)cc(CN3CCN(c4ccc(C(=O)NC5CCC5)nc4)CC3)c(F)c2[nH]c1=O. The minimum Gasteiger partial charge on any atom is -0.368 e. The summed E-state index contributed by atoms with van der Waals surface area (Å²) >= 11 is 0. The summed E-state index contributed by atoms with van der Waals surface area (Å²) in [6, 6.07) is 7.67. The summed E-state index contributed by atoms with van der Waals surface area (Å²) < 4.78 is 15.2. The van der Waals surface area contributed by atoms with E-state index in [1.807, 2.05) is 19.1 Å². The number of anilines is 1. The molecule has 3 heterocycles. The van der Waals surface area contributed by atoms with Gasteiger partial charge in [0.05, 0.1) is 17.4 Å². The normalized spacial score (nSPS) is 17.1. The van der Waals surface area contributed by atoms with Crippen LogP contribution in [0.5, 0.6) is 0 Å². The van der Waals surface area contributed by atoms with Crippen molar-refractivity contribution in [3.05, 3.63) is 69.0 Å². The van der Waals surface area contributed by atoms with E-state index in [4.69, 9.17) is 0 Å². The minimum atomic E-state index is -0.347. The minimum absolute atomic E-state index is 0.106. The summed E-state index contributed by atoms with van der Waals surface area (Å²) in [6.07, 6.45) is 5.04. The third-order valence-corrected chi connectivity index (χ3v) is 7.10. The number of fused-ring (bicyclic) bond motifs is 1. The van der Waals surface area contributed by atoms with E-state index in [0.717, 1.165) is 55.7 Å². The zero-order chi connectivity index (χ0) is 23.8. The highest BCUT2D eigenvalue weighted by molar-refractivity contribution is 5.92. The number of pyridine rings is 2. The maximum atomic E-state index is 15.2. The molecule has 1 saturated carbocycles. The van der Waals surface area contributed by atoms with Crippen LogP contribution in [0.15, 0.2) is 35.3 Å². The van der Waals surface area contributed by atoms with Crippen LogP contribution in [0.3, 0.4) is 0 Å². The lowest BCUT2D eigenvalue weighted by Gasteiger charge is -2.36. The average Bonchev–Trinajstić information content (AvgIpc) is 2.81. The number of piperazine rings is 1. The van der Waals surface area contributed by atoms with Crippen LogP contribution in [0.1, 0.15) is 46.4 Å². The Hall–Kier alpha value is -3.26. The third kappa shape index (κ3) is 4.42. The number of amides is 1. The molecule has 3 aromatic rings. The van der Waals surface area contributed by atoms with E-state index in [0.29, 0.717) is 29.4 Å². The van der Waals surface area contributed by atoms with Gasteiger partial charge in [0.15, 0.2) is 5.82 Å². The van der Waals surface area contributed by atoms with Crippen LogP contribution in [-0.4, -0.2) is 53.0 Å². The number of hydrogen-bond donors (Lipinski definition) is 2. The molecule has 1 aliphatic heterocycles. The third-order valence-electron chi connectivity index (χ3n) is 7.10. The lowest BCUT2D eigenvalue weighted by atomic mass is 9.93. The number of aromatic nitrogens is 2. The van der Waals surface area contributed by atoms with Gasteiger partial charge in [-0.3, -0.25) is 14.5 Å². The van der Waals surface area contributed by atoms with Crippen molar-refractivity contribution in [1.29, 1.82) is 0 Å². The van der Waals surface area contributed by atoms with Crippen LogP contribution >= 0.6 is 0 Å². The van der Waals surface area contributed by atoms with Gasteiger partial charge in [-0.15, -0.1) is 0 Å². The number of rotatable bonds is 5. The largest absolute Gasteiger partial charge is 0.368 e. The quantitative estimate of drug-likeness (QED) is 0.607. The molecular formula is C26H30FN5O2. The number of nitrogens with zero attached hydrogens (tertiary/aromatic N) is 3. The van der Waals surface area contributed by atoms with Crippen LogP contribution in [0.2, 0.25) is 0 Å². The molecule has 1 aromatic carbocycles. The smallest absolute Gasteiger partial charge is 0.270 e. The molecule has 178 valence electrons. The van der Waals surface area contributed by atoms with E-state index >= 15 is 4.39 Å². The molecule has 0 radical (unpaired) electrons. The molecule has 1 aliphatic carbocycles. The molecule has 1 saturated heterocycles. The van der Waals surface area contributed by atoms with Gasteiger partial charge >= 0.3 is 0 Å². The molecule has 2 fully saturated rings. The number of carbonyl (C=O) groups excluding carboxylic acids is 1. The number of halogens is 1. The molecule has 0 unspecified atom stereocenters. The van der Waals surface area contributed by atoms with Crippen molar-refractivity contribution < 1.29 is 9.18 Å². The Kier molecular flexibility index (Phi) is 6.08. The summed E-state index contributed by atoms with van der Waals surface area (Å²) in [4.78, 5) is 35.8. The fraction of sp³-hybridized carbons (Fsp3) is 0.423. The van der Waals surface area contributed by atoms with E-state index < -0.39 is 0 Å². The molecule has 0 bridgehead atoms. The molecule has 2 aromatic heterocycles. The average molecular weight is 464 g/mol. The predicted molar refractivity (Wildman–Crippen MR) is 131 cm³/mol. The van der Waals surface area contributed by atoms with Crippen LogP contribution in [0.25, 0.3) is 10.9 Å². The fourth-order valence-corrected chi connectivity index (χ4v) is 4.72. The summed E-state index contributed by atoms with van der Waals surface area (Å²) in [6.45, 7) is 7.32. The number of benzene rings is 1. The number of H-pyrrole nitrogens is 1. The van der Waals surface area contributed by atoms with Crippen LogP contribution in [-0.2, 0) is 6.54 Å². The van der Waals surface area contributed by atoms with E-state index in [1.165, 1.54) is 6.42 Å². The van der Waals surface area contributed by atoms with Gasteiger partial charge < -0.3 is 15.2 Å². The summed E-state index contributed by atoms with van der Waals surface area (Å²) in [5.74, 6) is -0.453. The Morgan fingerprint density at radius 2 is 1.91 bits per heavy atom. The highest BCUT2D eigenvalue weighted by Crippen LogP contribution is 2.25. The van der Waals surface area contributed by atoms with Crippen molar-refractivity contribution in [2.75, 3.05) is 31.1 Å². The van der Waals surface area contributed by atoms with Crippen molar-refractivity contribution in [2.45, 2.75) is 45.7 Å². The topological polar surface area (TPSA) is 81.3 Å². The number of aromatic amines is 1. The van der Waals surface area contributed by atoms with Gasteiger partial charge in [0.25, 0.3) is 11.5 Å². The first kappa shape index (κ1) is 22.5. The zero-order valence-electron chi connectivity index (χ0n) is 19.7. The van der Waals surface area contributed by atoms with Gasteiger partial charge in [0.1, 0.15) is 5.69 Å². The molecule has 2 aliphatic rings. The second-order valence-electron chi connectivity index (χ2n) is 9.50. The molecule has 34 heavy (non-hydrogen) atoms. The van der Waals surface area contributed by atoms with Crippen molar-refractivity contribution in [1.82, 2.24) is 20.2 Å². The van der Waals surface area contributed by atoms with Crippen LogP contribution < -0.4 is 15.8 Å². The fourth-order valence-electron chi connectivity index (χ4n) is 4.72. The molecular weight excluding hydrogens is 433 g/mol. The second kappa shape index (κ2) is 9.18. The van der Waals surface area contributed by atoms with Crippen LogP contribution in [0.4, 0.5) is 10.1 Å². The summed E-state index contributed by atoms with van der Waals surface area (Å²) in [5.41, 5.74) is 3.61. The Labute approximate surface area is 198 Å². The molecule has 0 atom stereocenters. The van der Waals surface area contributed by atoms with Gasteiger partial charge in [0.2, 0.25) is 0 Å². The molecule has 7 nitrogen and oxygen atoms in total. The highest BCUT2D eigenvalue weighted by Gasteiger charge is 2.22. The monoisotopic (exact) mass is 463 g/mol. The molecule has 0 spiro atoms. The molecule has 8 heteroatoms. The van der Waals surface area contributed by atoms with Crippen LogP contribution in [0, 0.1) is 19.7 Å². The predicted octanol–water partition coefficient (Wildman–Crippen LogP) is 3.28. The maximum Gasteiger partial charge on any atom is 0.270 e. The number of carbonyl (C=O) groups is 1. The van der Waals surface area contributed by atoms with Crippen molar-refractivity contribution in [3.63, 3.8) is 0 Å². The Bertz CT molecular complexity index is 1280. The number of hydrogen-bond acceptors (Lipinski definition) is 5. The molecule has 1 amide bonds. The van der Waals surface area contributed by atoms with E-state index in [1.54, 1.807) is 25.3 Å². The standard InChI is InChI=1S/C26H30FN5O2/c1-16-12-18(23(27)24-21(16)13-17(2)25(33)30-24)15-31-8-10-32(11-9-31)20-6-7-22(28-14-20)26(34)29-19-4-3-5-19/h6-7,12-14,19H,3-5,8-11,15H2,1-2H3,(H,29,34)(H,30,33). The van der Waals surface area contributed by atoms with Crippen molar-refractivity contribution in [2.24, 2.45) is 0 Å². The molecule has 2 N–H and O–H groups in total. The highest BCUT2D eigenvalue weighted by atomic mass is 19.1. The van der Waals surface area contributed by atoms with Gasteiger partial charge in [-0.05, 0) is 56.9 Å².